The second-order valence-corrected chi connectivity index (χ2v) is 7.63. The number of nitrogens with zero attached hydrogens (tertiary/aromatic N) is 3. The minimum Gasteiger partial charge on any atom is -0.308 e. The zero-order valence-corrected chi connectivity index (χ0v) is 16.1. The van der Waals surface area contributed by atoms with Crippen molar-refractivity contribution >= 4 is 44.2 Å². The van der Waals surface area contributed by atoms with Crippen LogP contribution in [0.1, 0.15) is 15.9 Å². The molecule has 0 atom stereocenters. The molecule has 0 fully saturated rings. The molecule has 25 heavy (non-hydrogen) atoms. The summed E-state index contributed by atoms with van der Waals surface area (Å²) in [6.07, 6.45) is 0. The third-order valence-corrected chi connectivity index (χ3v) is 5.25. The lowest BCUT2D eigenvalue weighted by molar-refractivity contribution is 0.0985. The van der Waals surface area contributed by atoms with Gasteiger partial charge in [0.25, 0.3) is 5.91 Å². The number of fused-ring (bicyclic) bond motifs is 1. The van der Waals surface area contributed by atoms with Crippen LogP contribution in [0, 0.1) is 6.92 Å². The lowest BCUT2D eigenvalue weighted by Crippen LogP contribution is -2.36. The third-order valence-electron chi connectivity index (χ3n) is 3.90. The molecular formula is C19H20ClN3OS. The van der Waals surface area contributed by atoms with Crippen LogP contribution in [0.25, 0.3) is 10.2 Å². The fourth-order valence-electron chi connectivity index (χ4n) is 2.45. The van der Waals surface area contributed by atoms with Gasteiger partial charge in [0.2, 0.25) is 0 Å². The number of amides is 1. The molecule has 3 aromatic rings. The average Bonchev–Trinajstić information content (AvgIpc) is 3.00. The first-order valence-electron chi connectivity index (χ1n) is 8.04. The second-order valence-electron chi connectivity index (χ2n) is 6.21. The Morgan fingerprint density at radius 1 is 1.12 bits per heavy atom. The van der Waals surface area contributed by atoms with Crippen molar-refractivity contribution in [2.45, 2.75) is 6.92 Å². The molecule has 1 heterocycles. The van der Waals surface area contributed by atoms with Crippen molar-refractivity contribution in [1.82, 2.24) is 9.88 Å². The van der Waals surface area contributed by atoms with Gasteiger partial charge in [-0.15, -0.1) is 0 Å². The largest absolute Gasteiger partial charge is 0.308 e. The van der Waals surface area contributed by atoms with Crippen molar-refractivity contribution in [3.8, 4) is 0 Å². The number of anilines is 1. The number of hydrogen-bond donors (Lipinski definition) is 0. The van der Waals surface area contributed by atoms with Gasteiger partial charge in [-0.25, -0.2) is 4.98 Å². The smallest absolute Gasteiger partial charge is 0.260 e. The fraction of sp³-hybridized carbons (Fsp3) is 0.263. The number of rotatable bonds is 5. The van der Waals surface area contributed by atoms with E-state index in [1.165, 1.54) is 11.3 Å². The lowest BCUT2D eigenvalue weighted by atomic mass is 10.1. The van der Waals surface area contributed by atoms with Crippen LogP contribution in [0.5, 0.6) is 0 Å². The number of halogens is 1. The van der Waals surface area contributed by atoms with E-state index in [9.17, 15) is 4.79 Å². The van der Waals surface area contributed by atoms with Crippen molar-refractivity contribution in [1.29, 1.82) is 0 Å². The highest BCUT2D eigenvalue weighted by atomic mass is 35.5. The number of para-hydroxylation sites is 1. The monoisotopic (exact) mass is 373 g/mol. The summed E-state index contributed by atoms with van der Waals surface area (Å²) in [6, 6.07) is 13.3. The Morgan fingerprint density at radius 2 is 1.84 bits per heavy atom. The molecule has 0 unspecified atom stereocenters. The van der Waals surface area contributed by atoms with E-state index < -0.39 is 0 Å². The van der Waals surface area contributed by atoms with Gasteiger partial charge in [-0.1, -0.05) is 46.7 Å². The summed E-state index contributed by atoms with van der Waals surface area (Å²) in [6.45, 7) is 3.33. The van der Waals surface area contributed by atoms with Gasteiger partial charge in [-0.05, 0) is 45.3 Å². The quantitative estimate of drug-likeness (QED) is 0.662. The summed E-state index contributed by atoms with van der Waals surface area (Å²) in [4.78, 5) is 21.5. The van der Waals surface area contributed by atoms with E-state index in [4.69, 9.17) is 11.6 Å². The van der Waals surface area contributed by atoms with Crippen molar-refractivity contribution < 1.29 is 4.79 Å². The Kier molecular flexibility index (Phi) is 5.37. The minimum absolute atomic E-state index is 0.0444. The van der Waals surface area contributed by atoms with E-state index in [1.807, 2.05) is 63.5 Å². The van der Waals surface area contributed by atoms with E-state index in [0.29, 0.717) is 22.3 Å². The van der Waals surface area contributed by atoms with Crippen LogP contribution in [0.3, 0.4) is 0 Å². The van der Waals surface area contributed by atoms with Crippen LogP contribution in [-0.2, 0) is 0 Å². The first kappa shape index (κ1) is 17.9. The maximum atomic E-state index is 13.1. The van der Waals surface area contributed by atoms with Crippen LogP contribution in [0.15, 0.2) is 42.5 Å². The number of aromatic nitrogens is 1. The number of hydrogen-bond acceptors (Lipinski definition) is 4. The van der Waals surface area contributed by atoms with Crippen LogP contribution in [-0.4, -0.2) is 43.0 Å². The van der Waals surface area contributed by atoms with E-state index in [1.54, 1.807) is 4.90 Å². The SMILES string of the molecule is Cc1ccc(C(=O)N(CCN(C)C)c2nc3c(Cl)cccc3s2)cc1. The van der Waals surface area contributed by atoms with E-state index in [2.05, 4.69) is 9.88 Å². The average molecular weight is 374 g/mol. The summed E-state index contributed by atoms with van der Waals surface area (Å²) in [5.74, 6) is -0.0444. The maximum Gasteiger partial charge on any atom is 0.260 e. The van der Waals surface area contributed by atoms with Crippen LogP contribution in [0.2, 0.25) is 5.02 Å². The van der Waals surface area contributed by atoms with Gasteiger partial charge in [0.1, 0.15) is 5.52 Å². The molecular weight excluding hydrogens is 354 g/mol. The van der Waals surface area contributed by atoms with Crippen molar-refractivity contribution in [3.05, 3.63) is 58.6 Å². The zero-order chi connectivity index (χ0) is 18.0. The Labute approximate surface area is 156 Å². The molecule has 6 heteroatoms. The lowest BCUT2D eigenvalue weighted by Gasteiger charge is -2.22. The Morgan fingerprint density at radius 3 is 2.48 bits per heavy atom. The number of thiazole rings is 1. The molecule has 1 aromatic heterocycles. The summed E-state index contributed by atoms with van der Waals surface area (Å²) in [7, 11) is 3.98. The molecule has 2 aromatic carbocycles. The molecule has 0 aliphatic carbocycles. The summed E-state index contributed by atoms with van der Waals surface area (Å²) >= 11 is 7.74. The van der Waals surface area contributed by atoms with Crippen LogP contribution in [0.4, 0.5) is 5.13 Å². The highest BCUT2D eigenvalue weighted by Crippen LogP contribution is 2.33. The second kappa shape index (κ2) is 7.52. The third kappa shape index (κ3) is 4.00. The van der Waals surface area contributed by atoms with Gasteiger partial charge in [0.05, 0.1) is 9.72 Å². The van der Waals surface area contributed by atoms with Gasteiger partial charge in [-0.3, -0.25) is 9.69 Å². The molecule has 0 aliphatic rings. The Bertz CT molecular complexity index is 889. The van der Waals surface area contributed by atoms with Gasteiger partial charge in [-0.2, -0.15) is 0 Å². The molecule has 130 valence electrons. The van der Waals surface area contributed by atoms with Crippen LogP contribution >= 0.6 is 22.9 Å². The normalized spacial score (nSPS) is 11.2. The molecule has 0 radical (unpaired) electrons. The van der Waals surface area contributed by atoms with Gasteiger partial charge < -0.3 is 4.90 Å². The molecule has 0 bridgehead atoms. The number of likely N-dealkylation sites (N-methyl/N-ethyl adjacent to an activating group) is 1. The first-order valence-corrected chi connectivity index (χ1v) is 9.23. The minimum atomic E-state index is -0.0444. The zero-order valence-electron chi connectivity index (χ0n) is 14.5. The molecule has 4 nitrogen and oxygen atoms in total. The Balaban J connectivity index is 1.99. The summed E-state index contributed by atoms with van der Waals surface area (Å²) < 4.78 is 0.981. The highest BCUT2D eigenvalue weighted by Gasteiger charge is 2.21. The van der Waals surface area contributed by atoms with Crippen LogP contribution < -0.4 is 4.90 Å². The number of benzene rings is 2. The predicted molar refractivity (Wildman–Crippen MR) is 106 cm³/mol. The van der Waals surface area contributed by atoms with Crippen molar-refractivity contribution in [3.63, 3.8) is 0 Å². The molecule has 0 N–H and O–H groups in total. The standard InChI is InChI=1S/C19H20ClN3OS/c1-13-7-9-14(10-8-13)18(24)23(12-11-22(2)3)19-21-17-15(20)5-4-6-16(17)25-19/h4-10H,11-12H2,1-3H3. The van der Waals surface area contributed by atoms with E-state index >= 15 is 0 Å². The predicted octanol–water partition coefficient (Wildman–Crippen LogP) is 4.47. The summed E-state index contributed by atoms with van der Waals surface area (Å²) in [5, 5.41) is 1.28. The Hall–Kier alpha value is -1.95. The van der Waals surface area contributed by atoms with E-state index in [0.717, 1.165) is 22.3 Å². The topological polar surface area (TPSA) is 36.4 Å². The van der Waals surface area contributed by atoms with Gasteiger partial charge >= 0.3 is 0 Å². The molecule has 0 aliphatic heterocycles. The summed E-state index contributed by atoms with van der Waals surface area (Å²) in [5.41, 5.74) is 2.54. The number of aryl methyl sites for hydroxylation is 1. The highest BCUT2D eigenvalue weighted by molar-refractivity contribution is 7.22. The molecule has 0 spiro atoms. The van der Waals surface area contributed by atoms with Gasteiger partial charge in [0.15, 0.2) is 5.13 Å². The maximum absolute atomic E-state index is 13.1. The fourth-order valence-corrected chi connectivity index (χ4v) is 3.74. The van der Waals surface area contributed by atoms with Crippen molar-refractivity contribution in [2.75, 3.05) is 32.1 Å². The molecule has 0 saturated carbocycles. The van der Waals surface area contributed by atoms with Crippen molar-refractivity contribution in [2.24, 2.45) is 0 Å². The number of carbonyl (C=O) groups excluding carboxylic acids is 1. The first-order chi connectivity index (χ1) is 12.0. The molecule has 0 saturated heterocycles. The number of carbonyl (C=O) groups is 1. The van der Waals surface area contributed by atoms with E-state index in [-0.39, 0.29) is 5.91 Å². The molecule has 1 amide bonds. The van der Waals surface area contributed by atoms with Gasteiger partial charge in [0, 0.05) is 18.7 Å². The molecule has 3 rings (SSSR count).